The first kappa shape index (κ1) is 8.48. The van der Waals surface area contributed by atoms with Gasteiger partial charge in [-0.15, -0.1) is 0 Å². The molecule has 0 amide bonds. The first-order chi connectivity index (χ1) is 5.82. The topological polar surface area (TPSA) is 38.7 Å². The molecule has 0 aromatic heterocycles. The highest BCUT2D eigenvalue weighted by atomic mass is 16.6. The summed E-state index contributed by atoms with van der Waals surface area (Å²) in [7, 11) is 0. The minimum Gasteiger partial charge on any atom is -0.396 e. The molecule has 12 heavy (non-hydrogen) atoms. The Labute approximate surface area is 72.7 Å². The summed E-state index contributed by atoms with van der Waals surface area (Å²) in [5, 5.41) is 8.89. The first-order valence-electron chi connectivity index (χ1n) is 4.69. The van der Waals surface area contributed by atoms with Crippen LogP contribution in [0, 0.1) is 5.92 Å². The van der Waals surface area contributed by atoms with Gasteiger partial charge < -0.3 is 14.6 Å². The molecule has 2 fully saturated rings. The molecule has 0 aromatic carbocycles. The zero-order valence-corrected chi connectivity index (χ0v) is 7.45. The predicted octanol–water partition coefficient (Wildman–Crippen LogP) is 0.563. The number of ether oxygens (including phenoxy) is 2. The highest BCUT2D eigenvalue weighted by Crippen LogP contribution is 2.44. The van der Waals surface area contributed by atoms with Crippen LogP contribution in [0.1, 0.15) is 19.8 Å². The van der Waals surface area contributed by atoms with E-state index in [0.29, 0.717) is 5.92 Å². The van der Waals surface area contributed by atoms with Gasteiger partial charge in [0, 0.05) is 12.5 Å². The average molecular weight is 172 g/mol. The summed E-state index contributed by atoms with van der Waals surface area (Å²) in [4.78, 5) is 0. The largest absolute Gasteiger partial charge is 0.396 e. The molecule has 0 aromatic rings. The van der Waals surface area contributed by atoms with E-state index in [4.69, 9.17) is 14.6 Å². The zero-order valence-electron chi connectivity index (χ0n) is 7.45. The lowest BCUT2D eigenvalue weighted by Gasteiger charge is -2.27. The van der Waals surface area contributed by atoms with Crippen molar-refractivity contribution in [3.8, 4) is 0 Å². The molecule has 3 atom stereocenters. The molecule has 0 spiro atoms. The molecule has 2 aliphatic heterocycles. The molecule has 2 saturated heterocycles. The van der Waals surface area contributed by atoms with Crippen LogP contribution < -0.4 is 0 Å². The third-order valence-corrected chi connectivity index (χ3v) is 3.24. The van der Waals surface area contributed by atoms with Gasteiger partial charge in [-0.3, -0.25) is 0 Å². The summed E-state index contributed by atoms with van der Waals surface area (Å²) in [5.74, 6) is 0.424. The Hall–Kier alpha value is -0.120. The molecule has 3 nitrogen and oxygen atoms in total. The minimum absolute atomic E-state index is 0.0621. The maximum absolute atomic E-state index is 8.89. The molecule has 0 unspecified atom stereocenters. The smallest absolute Gasteiger partial charge is 0.0968 e. The van der Waals surface area contributed by atoms with Gasteiger partial charge in [-0.05, 0) is 12.8 Å². The van der Waals surface area contributed by atoms with Crippen LogP contribution in [-0.2, 0) is 9.47 Å². The molecule has 2 heterocycles. The fourth-order valence-corrected chi connectivity index (χ4v) is 2.43. The van der Waals surface area contributed by atoms with E-state index in [1.165, 1.54) is 0 Å². The van der Waals surface area contributed by atoms with E-state index < -0.39 is 0 Å². The minimum atomic E-state index is -0.0621. The van der Waals surface area contributed by atoms with Crippen molar-refractivity contribution in [1.82, 2.24) is 0 Å². The van der Waals surface area contributed by atoms with Crippen LogP contribution in [-0.4, -0.2) is 36.6 Å². The van der Waals surface area contributed by atoms with Crippen LogP contribution in [0.5, 0.6) is 0 Å². The van der Waals surface area contributed by atoms with Crippen molar-refractivity contribution >= 4 is 0 Å². The van der Waals surface area contributed by atoms with E-state index in [9.17, 15) is 0 Å². The van der Waals surface area contributed by atoms with Crippen molar-refractivity contribution in [2.75, 3.05) is 19.8 Å². The Morgan fingerprint density at radius 3 is 2.92 bits per heavy atom. The molecular formula is C9H16O3. The molecule has 70 valence electrons. The maximum atomic E-state index is 8.89. The summed E-state index contributed by atoms with van der Waals surface area (Å²) in [6.45, 7) is 3.81. The summed E-state index contributed by atoms with van der Waals surface area (Å²) < 4.78 is 11.3. The van der Waals surface area contributed by atoms with Gasteiger partial charge in [0.05, 0.1) is 24.9 Å². The molecule has 3 heteroatoms. The molecule has 2 bridgehead atoms. The SMILES string of the molecule is CC[C@@]12CO[C@@H](CO1)[C@@H]2CCO. The molecule has 0 radical (unpaired) electrons. The summed E-state index contributed by atoms with van der Waals surface area (Å²) in [5.41, 5.74) is -0.0621. The zero-order chi connectivity index (χ0) is 8.60. The van der Waals surface area contributed by atoms with E-state index in [2.05, 4.69) is 6.92 Å². The van der Waals surface area contributed by atoms with Crippen LogP contribution in [0.4, 0.5) is 0 Å². The third-order valence-electron chi connectivity index (χ3n) is 3.24. The molecule has 2 rings (SSSR count). The van der Waals surface area contributed by atoms with Gasteiger partial charge in [0.25, 0.3) is 0 Å². The number of aliphatic hydroxyl groups is 1. The number of hydrogen-bond acceptors (Lipinski definition) is 3. The number of fused-ring (bicyclic) bond motifs is 2. The van der Waals surface area contributed by atoms with Gasteiger partial charge in [-0.2, -0.15) is 0 Å². The Bertz CT molecular complexity index is 161. The normalized spacial score (nSPS) is 45.5. The Kier molecular flexibility index (Phi) is 2.10. The standard InChI is InChI=1S/C9H16O3/c1-2-9-6-11-8(5-12-9)7(9)3-4-10/h7-8,10H,2-6H2,1H3/t7-,8-,9-/m0/s1. The van der Waals surface area contributed by atoms with Crippen LogP contribution in [0.15, 0.2) is 0 Å². The van der Waals surface area contributed by atoms with Gasteiger partial charge in [-0.1, -0.05) is 6.92 Å². The predicted molar refractivity (Wildman–Crippen MR) is 43.9 cm³/mol. The highest BCUT2D eigenvalue weighted by Gasteiger charge is 2.54. The fraction of sp³-hybridized carbons (Fsp3) is 1.00. The second-order valence-electron chi connectivity index (χ2n) is 3.70. The number of hydrogen-bond donors (Lipinski definition) is 1. The Morgan fingerprint density at radius 1 is 1.58 bits per heavy atom. The molecule has 0 saturated carbocycles. The van der Waals surface area contributed by atoms with E-state index in [0.717, 1.165) is 26.1 Å². The Morgan fingerprint density at radius 2 is 2.42 bits per heavy atom. The third kappa shape index (κ3) is 1.00. The fourth-order valence-electron chi connectivity index (χ4n) is 2.43. The van der Waals surface area contributed by atoms with Gasteiger partial charge in [-0.25, -0.2) is 0 Å². The first-order valence-corrected chi connectivity index (χ1v) is 4.69. The molecular weight excluding hydrogens is 156 g/mol. The van der Waals surface area contributed by atoms with Crippen LogP contribution in [0.3, 0.4) is 0 Å². The van der Waals surface area contributed by atoms with Crippen molar-refractivity contribution in [1.29, 1.82) is 0 Å². The van der Waals surface area contributed by atoms with Gasteiger partial charge in [0.2, 0.25) is 0 Å². The van der Waals surface area contributed by atoms with Crippen molar-refractivity contribution in [2.45, 2.75) is 31.5 Å². The quantitative estimate of drug-likeness (QED) is 0.676. The second kappa shape index (κ2) is 2.98. The molecule has 1 N–H and O–H groups in total. The van der Waals surface area contributed by atoms with E-state index in [-0.39, 0.29) is 18.3 Å². The van der Waals surface area contributed by atoms with E-state index in [1.54, 1.807) is 0 Å². The van der Waals surface area contributed by atoms with Crippen molar-refractivity contribution < 1.29 is 14.6 Å². The molecule has 2 aliphatic rings. The number of aliphatic hydroxyl groups excluding tert-OH is 1. The molecule has 0 aliphatic carbocycles. The maximum Gasteiger partial charge on any atom is 0.0968 e. The van der Waals surface area contributed by atoms with Crippen LogP contribution in [0.25, 0.3) is 0 Å². The average Bonchev–Trinajstić information content (AvgIpc) is 2.62. The van der Waals surface area contributed by atoms with Crippen molar-refractivity contribution in [3.05, 3.63) is 0 Å². The lowest BCUT2D eigenvalue weighted by molar-refractivity contribution is -0.0983. The second-order valence-corrected chi connectivity index (χ2v) is 3.70. The number of rotatable bonds is 3. The van der Waals surface area contributed by atoms with E-state index >= 15 is 0 Å². The monoisotopic (exact) mass is 172 g/mol. The Balaban J connectivity index is 2.10. The van der Waals surface area contributed by atoms with Crippen molar-refractivity contribution in [3.63, 3.8) is 0 Å². The summed E-state index contributed by atoms with van der Waals surface area (Å²) in [6.07, 6.45) is 2.06. The van der Waals surface area contributed by atoms with Gasteiger partial charge >= 0.3 is 0 Å². The van der Waals surface area contributed by atoms with E-state index in [1.807, 2.05) is 0 Å². The summed E-state index contributed by atoms with van der Waals surface area (Å²) >= 11 is 0. The highest BCUT2D eigenvalue weighted by molar-refractivity contribution is 5.01. The van der Waals surface area contributed by atoms with Gasteiger partial charge in [0.15, 0.2) is 0 Å². The lowest BCUT2D eigenvalue weighted by Crippen LogP contribution is -2.36. The van der Waals surface area contributed by atoms with Crippen molar-refractivity contribution in [2.24, 2.45) is 5.92 Å². The van der Waals surface area contributed by atoms with Crippen LogP contribution >= 0.6 is 0 Å². The lowest BCUT2D eigenvalue weighted by atomic mass is 9.85. The van der Waals surface area contributed by atoms with Crippen LogP contribution in [0.2, 0.25) is 0 Å². The summed E-state index contributed by atoms with van der Waals surface area (Å²) in [6, 6.07) is 0. The van der Waals surface area contributed by atoms with Gasteiger partial charge in [0.1, 0.15) is 0 Å².